The summed E-state index contributed by atoms with van der Waals surface area (Å²) in [6.07, 6.45) is 8.08. The summed E-state index contributed by atoms with van der Waals surface area (Å²) in [4.78, 5) is 14.5. The van der Waals surface area contributed by atoms with Crippen molar-refractivity contribution < 1.29 is 9.53 Å². The number of ether oxygens (including phenoxy) is 1. The van der Waals surface area contributed by atoms with E-state index in [0.717, 1.165) is 24.3 Å². The van der Waals surface area contributed by atoms with Gasteiger partial charge in [-0.2, -0.15) is 5.10 Å². The number of hydrogen-bond acceptors (Lipinski definition) is 3. The van der Waals surface area contributed by atoms with E-state index in [9.17, 15) is 4.79 Å². The van der Waals surface area contributed by atoms with Crippen molar-refractivity contribution in [1.82, 2.24) is 10.4 Å². The van der Waals surface area contributed by atoms with E-state index >= 15 is 0 Å². The highest BCUT2D eigenvalue weighted by Gasteiger charge is 2.02. The first-order valence-corrected chi connectivity index (χ1v) is 7.99. The lowest BCUT2D eigenvalue weighted by Crippen LogP contribution is -2.17. The number of carbonyl (C=O) groups excluding carboxylic acids is 1. The second-order valence-electron chi connectivity index (χ2n) is 5.26. The zero-order valence-corrected chi connectivity index (χ0v) is 13.4. The maximum atomic E-state index is 11.7. The quantitative estimate of drug-likeness (QED) is 0.421. The average Bonchev–Trinajstić information content (AvgIpc) is 3.10. The van der Waals surface area contributed by atoms with E-state index in [1.165, 1.54) is 19.3 Å². The number of aromatic nitrogens is 1. The summed E-state index contributed by atoms with van der Waals surface area (Å²) in [6, 6.07) is 11.1. The molecule has 1 heterocycles. The third kappa shape index (κ3) is 5.98. The number of unbranched alkanes of at least 4 members (excludes halogenated alkanes) is 3. The van der Waals surface area contributed by atoms with Gasteiger partial charge in [0.1, 0.15) is 11.4 Å². The number of amides is 1. The molecule has 0 aliphatic heterocycles. The number of rotatable bonds is 9. The monoisotopic (exact) mass is 313 g/mol. The van der Waals surface area contributed by atoms with E-state index in [-0.39, 0.29) is 5.91 Å². The molecule has 1 aromatic heterocycles. The number of hydrogen-bond donors (Lipinski definition) is 2. The van der Waals surface area contributed by atoms with E-state index in [1.54, 1.807) is 24.5 Å². The van der Waals surface area contributed by atoms with Crippen molar-refractivity contribution in [2.24, 2.45) is 5.10 Å². The van der Waals surface area contributed by atoms with E-state index in [4.69, 9.17) is 4.74 Å². The van der Waals surface area contributed by atoms with Crippen LogP contribution in [0.25, 0.3) is 0 Å². The number of H-pyrrole nitrogens is 1. The predicted octanol–water partition coefficient (Wildman–Crippen LogP) is 3.74. The molecule has 1 aromatic carbocycles. The summed E-state index contributed by atoms with van der Waals surface area (Å²) in [6.45, 7) is 2.95. The van der Waals surface area contributed by atoms with Gasteiger partial charge >= 0.3 is 0 Å². The Kier molecular flexibility index (Phi) is 6.91. The highest BCUT2D eigenvalue weighted by atomic mass is 16.5. The molecule has 2 aromatic rings. The molecule has 0 unspecified atom stereocenters. The first kappa shape index (κ1) is 16.8. The van der Waals surface area contributed by atoms with E-state index < -0.39 is 0 Å². The standard InChI is InChI=1S/C18H23N3O2/c1-2-3-4-5-13-23-16-10-8-15(9-11-16)14-20-21-18(22)17-7-6-12-19-17/h6-12,14,19H,2-5,13H2,1H3,(H,21,22)/b20-14-. The largest absolute Gasteiger partial charge is 0.494 e. The fraction of sp³-hybridized carbons (Fsp3) is 0.333. The van der Waals surface area contributed by atoms with Crippen LogP contribution in [0.3, 0.4) is 0 Å². The van der Waals surface area contributed by atoms with Crippen molar-refractivity contribution in [3.63, 3.8) is 0 Å². The lowest BCUT2D eigenvalue weighted by Gasteiger charge is -2.05. The fourth-order valence-electron chi connectivity index (χ4n) is 2.07. The second kappa shape index (κ2) is 9.46. The molecule has 0 bridgehead atoms. The molecule has 2 N–H and O–H groups in total. The second-order valence-corrected chi connectivity index (χ2v) is 5.26. The maximum Gasteiger partial charge on any atom is 0.287 e. The molecule has 0 aliphatic carbocycles. The van der Waals surface area contributed by atoms with Crippen LogP contribution in [0.4, 0.5) is 0 Å². The molecule has 23 heavy (non-hydrogen) atoms. The molecule has 5 heteroatoms. The molecule has 0 atom stereocenters. The predicted molar refractivity (Wildman–Crippen MR) is 91.9 cm³/mol. The van der Waals surface area contributed by atoms with Gasteiger partial charge in [0.15, 0.2) is 0 Å². The normalized spacial score (nSPS) is 10.8. The number of aromatic amines is 1. The van der Waals surface area contributed by atoms with Crippen molar-refractivity contribution in [3.8, 4) is 5.75 Å². The number of carbonyl (C=O) groups is 1. The Labute approximate surface area is 136 Å². The average molecular weight is 313 g/mol. The van der Waals surface area contributed by atoms with Crippen LogP contribution in [0.15, 0.2) is 47.7 Å². The minimum atomic E-state index is -0.265. The Morgan fingerprint density at radius 1 is 1.22 bits per heavy atom. The van der Waals surface area contributed by atoms with Crippen LogP contribution >= 0.6 is 0 Å². The molecule has 1 amide bonds. The Balaban J connectivity index is 1.74. The van der Waals surface area contributed by atoms with E-state index in [2.05, 4.69) is 22.4 Å². The van der Waals surface area contributed by atoms with Crippen molar-refractivity contribution in [2.45, 2.75) is 32.6 Å². The van der Waals surface area contributed by atoms with Crippen LogP contribution in [-0.2, 0) is 0 Å². The summed E-state index contributed by atoms with van der Waals surface area (Å²) >= 11 is 0. The highest BCUT2D eigenvalue weighted by Crippen LogP contribution is 2.12. The van der Waals surface area contributed by atoms with Crippen LogP contribution in [0.1, 0.15) is 48.7 Å². The molecule has 0 aliphatic rings. The summed E-state index contributed by atoms with van der Waals surface area (Å²) in [5, 5.41) is 3.94. The van der Waals surface area contributed by atoms with E-state index in [1.807, 2.05) is 24.3 Å². The lowest BCUT2D eigenvalue weighted by molar-refractivity contribution is 0.0951. The van der Waals surface area contributed by atoms with Crippen molar-refractivity contribution in [2.75, 3.05) is 6.61 Å². The van der Waals surface area contributed by atoms with Gasteiger partial charge in [-0.25, -0.2) is 5.43 Å². The maximum absolute atomic E-state index is 11.7. The zero-order valence-electron chi connectivity index (χ0n) is 13.4. The van der Waals surface area contributed by atoms with Gasteiger partial charge in [0.25, 0.3) is 5.91 Å². The summed E-state index contributed by atoms with van der Waals surface area (Å²) in [5.41, 5.74) is 3.85. The molecule has 2 rings (SSSR count). The smallest absolute Gasteiger partial charge is 0.287 e. The van der Waals surface area contributed by atoms with E-state index in [0.29, 0.717) is 5.69 Å². The Bertz CT molecular complexity index is 604. The highest BCUT2D eigenvalue weighted by molar-refractivity contribution is 5.93. The summed E-state index contributed by atoms with van der Waals surface area (Å²) in [5.74, 6) is 0.590. The first-order valence-electron chi connectivity index (χ1n) is 7.99. The number of benzene rings is 1. The lowest BCUT2D eigenvalue weighted by atomic mass is 10.2. The molecule has 5 nitrogen and oxygen atoms in total. The van der Waals surface area contributed by atoms with Gasteiger partial charge in [-0.1, -0.05) is 26.2 Å². The van der Waals surface area contributed by atoms with Gasteiger partial charge in [0.05, 0.1) is 12.8 Å². The van der Waals surface area contributed by atoms with Gasteiger partial charge in [0.2, 0.25) is 0 Å². The van der Waals surface area contributed by atoms with Gasteiger partial charge in [0, 0.05) is 6.20 Å². The topological polar surface area (TPSA) is 66.5 Å². The molecule has 0 radical (unpaired) electrons. The molecule has 122 valence electrons. The first-order chi connectivity index (χ1) is 11.3. The van der Waals surface area contributed by atoms with Crippen LogP contribution < -0.4 is 10.2 Å². The van der Waals surface area contributed by atoms with Crippen LogP contribution in [0.5, 0.6) is 5.75 Å². The van der Waals surface area contributed by atoms with Gasteiger partial charge in [-0.3, -0.25) is 4.79 Å². The molecular weight excluding hydrogens is 290 g/mol. The minimum absolute atomic E-state index is 0.265. The summed E-state index contributed by atoms with van der Waals surface area (Å²) in [7, 11) is 0. The molecule has 0 spiro atoms. The molecule has 0 saturated heterocycles. The third-order valence-corrected chi connectivity index (χ3v) is 3.37. The molecule has 0 saturated carbocycles. The number of hydrazone groups is 1. The van der Waals surface area contributed by atoms with Gasteiger partial charge in [-0.15, -0.1) is 0 Å². The van der Waals surface area contributed by atoms with Crippen LogP contribution in [-0.4, -0.2) is 23.7 Å². The Morgan fingerprint density at radius 3 is 2.74 bits per heavy atom. The number of nitrogens with zero attached hydrogens (tertiary/aromatic N) is 1. The van der Waals surface area contributed by atoms with Crippen LogP contribution in [0.2, 0.25) is 0 Å². The van der Waals surface area contributed by atoms with Crippen molar-refractivity contribution in [1.29, 1.82) is 0 Å². The SMILES string of the molecule is CCCCCCOc1ccc(/C=N\NC(=O)c2ccc[nH]2)cc1. The number of nitrogens with one attached hydrogen (secondary N) is 2. The fourth-order valence-corrected chi connectivity index (χ4v) is 2.07. The van der Waals surface area contributed by atoms with Crippen molar-refractivity contribution >= 4 is 12.1 Å². The summed E-state index contributed by atoms with van der Waals surface area (Å²) < 4.78 is 5.68. The van der Waals surface area contributed by atoms with Crippen LogP contribution in [0, 0.1) is 0 Å². The third-order valence-electron chi connectivity index (χ3n) is 3.37. The zero-order chi connectivity index (χ0) is 16.3. The molecule has 0 fully saturated rings. The Hall–Kier alpha value is -2.56. The van der Waals surface area contributed by atoms with Gasteiger partial charge < -0.3 is 9.72 Å². The Morgan fingerprint density at radius 2 is 2.04 bits per heavy atom. The van der Waals surface area contributed by atoms with Crippen molar-refractivity contribution in [3.05, 3.63) is 53.9 Å². The van der Waals surface area contributed by atoms with Gasteiger partial charge in [-0.05, 0) is 48.4 Å². The minimum Gasteiger partial charge on any atom is -0.494 e. The molecular formula is C18H23N3O2.